The molecule has 106 valence electrons. The number of carboxylic acids is 1. The molecule has 0 fully saturated rings. The number of carbonyl (C=O) groups excluding carboxylic acids is 1. The third-order valence-corrected chi connectivity index (χ3v) is 2.29. The van der Waals surface area contributed by atoms with E-state index in [2.05, 4.69) is 13.5 Å². The Morgan fingerprint density at radius 3 is 2.26 bits per heavy atom. The molecule has 1 amide bonds. The van der Waals surface area contributed by atoms with Crippen LogP contribution in [0.5, 0.6) is 0 Å². The summed E-state index contributed by atoms with van der Waals surface area (Å²) < 4.78 is 0. The van der Waals surface area contributed by atoms with Gasteiger partial charge in [0.2, 0.25) is 5.91 Å². The number of primary amides is 1. The highest BCUT2D eigenvalue weighted by Gasteiger charge is 1.97. The SMILES string of the molecule is C=C(C#N)C(=O)O.CCCCCCC=C(C)C(N)=O. The molecule has 0 aliphatic carbocycles. The van der Waals surface area contributed by atoms with Gasteiger partial charge in [-0.1, -0.05) is 38.8 Å². The lowest BCUT2D eigenvalue weighted by atomic mass is 10.1. The molecule has 0 bridgehead atoms. The predicted octanol–water partition coefficient (Wildman–Crippen LogP) is 2.54. The molecule has 0 aromatic heterocycles. The predicted molar refractivity (Wildman–Crippen MR) is 74.1 cm³/mol. The molecular weight excluding hydrogens is 244 g/mol. The van der Waals surface area contributed by atoms with E-state index in [9.17, 15) is 9.59 Å². The lowest BCUT2D eigenvalue weighted by Crippen LogP contribution is -2.11. The van der Waals surface area contributed by atoms with Gasteiger partial charge in [-0.25, -0.2) is 4.79 Å². The molecule has 0 atom stereocenters. The first-order valence-electron chi connectivity index (χ1n) is 6.15. The molecule has 19 heavy (non-hydrogen) atoms. The minimum atomic E-state index is -1.26. The summed E-state index contributed by atoms with van der Waals surface area (Å²) in [6.07, 6.45) is 7.85. The molecule has 0 saturated carbocycles. The largest absolute Gasteiger partial charge is 0.477 e. The van der Waals surface area contributed by atoms with Crippen LogP contribution < -0.4 is 5.73 Å². The summed E-state index contributed by atoms with van der Waals surface area (Å²) in [5.41, 5.74) is 5.33. The van der Waals surface area contributed by atoms with E-state index >= 15 is 0 Å². The van der Waals surface area contributed by atoms with Gasteiger partial charge in [-0.15, -0.1) is 0 Å². The fourth-order valence-corrected chi connectivity index (χ4v) is 1.04. The quantitative estimate of drug-likeness (QED) is 0.419. The van der Waals surface area contributed by atoms with Crippen LogP contribution in [0.1, 0.15) is 46.0 Å². The highest BCUT2D eigenvalue weighted by atomic mass is 16.4. The first-order valence-corrected chi connectivity index (χ1v) is 6.15. The average Bonchev–Trinajstić information content (AvgIpc) is 2.37. The fraction of sp³-hybridized carbons (Fsp3) is 0.500. The standard InChI is InChI=1S/C10H19NO.C4H3NO2/c1-3-4-5-6-7-8-9(2)10(11)12;1-3(2-5)4(6)7/h8H,3-7H2,1-2H3,(H2,11,12);1H2,(H,6,7). The number of aliphatic carboxylic acids is 1. The van der Waals surface area contributed by atoms with Gasteiger partial charge in [0.1, 0.15) is 11.6 Å². The Labute approximate surface area is 114 Å². The normalized spacial score (nSPS) is 9.84. The van der Waals surface area contributed by atoms with Crippen LogP contribution >= 0.6 is 0 Å². The van der Waals surface area contributed by atoms with E-state index in [1.165, 1.54) is 31.8 Å². The molecule has 0 aliphatic rings. The number of carboxylic acid groups (broad SMARTS) is 1. The number of hydrogen-bond acceptors (Lipinski definition) is 3. The van der Waals surface area contributed by atoms with E-state index in [0.717, 1.165) is 6.42 Å². The Kier molecular flexibility index (Phi) is 12.5. The van der Waals surface area contributed by atoms with Gasteiger partial charge in [0.25, 0.3) is 0 Å². The molecule has 0 saturated heterocycles. The summed E-state index contributed by atoms with van der Waals surface area (Å²) >= 11 is 0. The maximum Gasteiger partial charge on any atom is 0.345 e. The number of rotatable bonds is 7. The first kappa shape index (κ1) is 19.3. The van der Waals surface area contributed by atoms with E-state index < -0.39 is 11.5 Å². The van der Waals surface area contributed by atoms with Crippen molar-refractivity contribution in [2.75, 3.05) is 0 Å². The maximum absolute atomic E-state index is 10.6. The third-order valence-electron chi connectivity index (χ3n) is 2.29. The zero-order valence-corrected chi connectivity index (χ0v) is 11.6. The molecule has 3 N–H and O–H groups in total. The molecule has 0 radical (unpaired) electrons. The van der Waals surface area contributed by atoms with Gasteiger partial charge in [-0.3, -0.25) is 4.79 Å². The van der Waals surface area contributed by atoms with Crippen molar-refractivity contribution in [3.05, 3.63) is 23.8 Å². The van der Waals surface area contributed by atoms with Gasteiger partial charge in [0.15, 0.2) is 0 Å². The zero-order chi connectivity index (χ0) is 15.3. The van der Waals surface area contributed by atoms with Crippen LogP contribution in [0, 0.1) is 11.3 Å². The van der Waals surface area contributed by atoms with E-state index in [-0.39, 0.29) is 5.91 Å². The van der Waals surface area contributed by atoms with Crippen LogP contribution in [0.25, 0.3) is 0 Å². The summed E-state index contributed by atoms with van der Waals surface area (Å²) in [6, 6.07) is 1.37. The van der Waals surface area contributed by atoms with Gasteiger partial charge >= 0.3 is 5.97 Å². The van der Waals surface area contributed by atoms with E-state index in [1.54, 1.807) is 6.92 Å². The van der Waals surface area contributed by atoms with Crippen molar-refractivity contribution < 1.29 is 14.7 Å². The monoisotopic (exact) mass is 266 g/mol. The number of hydrogen-bond donors (Lipinski definition) is 2. The Balaban J connectivity index is 0. The number of unbranched alkanes of at least 4 members (excludes halogenated alkanes) is 4. The van der Waals surface area contributed by atoms with Gasteiger partial charge in [0, 0.05) is 5.57 Å². The summed E-state index contributed by atoms with van der Waals surface area (Å²) in [5, 5.41) is 15.6. The van der Waals surface area contributed by atoms with Crippen LogP contribution in [0.4, 0.5) is 0 Å². The fourth-order valence-electron chi connectivity index (χ4n) is 1.04. The van der Waals surface area contributed by atoms with Gasteiger partial charge in [0.05, 0.1) is 0 Å². The molecule has 0 aromatic rings. The van der Waals surface area contributed by atoms with Crippen molar-refractivity contribution >= 4 is 11.9 Å². The van der Waals surface area contributed by atoms with Crippen LogP contribution in [0.2, 0.25) is 0 Å². The minimum Gasteiger partial charge on any atom is -0.477 e. The Morgan fingerprint density at radius 1 is 1.37 bits per heavy atom. The maximum atomic E-state index is 10.6. The molecular formula is C14H22N2O3. The van der Waals surface area contributed by atoms with Crippen molar-refractivity contribution in [3.63, 3.8) is 0 Å². The second-order valence-corrected chi connectivity index (χ2v) is 4.00. The number of nitrogens with two attached hydrogens (primary N) is 1. The lowest BCUT2D eigenvalue weighted by molar-refractivity contribution is -0.132. The molecule has 0 spiro atoms. The summed E-state index contributed by atoms with van der Waals surface area (Å²) in [5.74, 6) is -1.56. The van der Waals surface area contributed by atoms with E-state index in [4.69, 9.17) is 16.1 Å². The summed E-state index contributed by atoms with van der Waals surface area (Å²) in [4.78, 5) is 20.2. The zero-order valence-electron chi connectivity index (χ0n) is 11.6. The molecule has 5 nitrogen and oxygen atoms in total. The number of allylic oxidation sites excluding steroid dienone is 1. The Morgan fingerprint density at radius 2 is 1.95 bits per heavy atom. The van der Waals surface area contributed by atoms with Crippen LogP contribution in [0.15, 0.2) is 23.8 Å². The van der Waals surface area contributed by atoms with Crippen LogP contribution in [-0.4, -0.2) is 17.0 Å². The Bertz CT molecular complexity index is 379. The van der Waals surface area contributed by atoms with E-state index in [1.807, 2.05) is 6.08 Å². The molecule has 0 heterocycles. The second-order valence-electron chi connectivity index (χ2n) is 4.00. The van der Waals surface area contributed by atoms with Crippen molar-refractivity contribution in [1.29, 1.82) is 5.26 Å². The topological polar surface area (TPSA) is 104 Å². The van der Waals surface area contributed by atoms with Crippen molar-refractivity contribution in [1.82, 2.24) is 0 Å². The number of nitriles is 1. The highest BCUT2D eigenvalue weighted by Crippen LogP contribution is 2.04. The third kappa shape index (κ3) is 13.8. The van der Waals surface area contributed by atoms with Gasteiger partial charge in [-0.05, 0) is 19.8 Å². The van der Waals surface area contributed by atoms with Crippen molar-refractivity contribution in [2.24, 2.45) is 5.73 Å². The van der Waals surface area contributed by atoms with Crippen molar-refractivity contribution in [2.45, 2.75) is 46.0 Å². The number of carbonyl (C=O) groups is 2. The Hall–Kier alpha value is -2.09. The summed E-state index contributed by atoms with van der Waals surface area (Å²) in [7, 11) is 0. The minimum absolute atomic E-state index is 0.300. The average molecular weight is 266 g/mol. The van der Waals surface area contributed by atoms with Crippen LogP contribution in [0.3, 0.4) is 0 Å². The molecule has 5 heteroatoms. The summed E-state index contributed by atoms with van der Waals surface area (Å²) in [6.45, 7) is 6.86. The molecule has 0 aromatic carbocycles. The highest BCUT2D eigenvalue weighted by molar-refractivity contribution is 5.91. The van der Waals surface area contributed by atoms with Crippen molar-refractivity contribution in [3.8, 4) is 6.07 Å². The molecule has 0 unspecified atom stereocenters. The van der Waals surface area contributed by atoms with Crippen LogP contribution in [-0.2, 0) is 9.59 Å². The smallest absolute Gasteiger partial charge is 0.345 e. The van der Waals surface area contributed by atoms with E-state index in [0.29, 0.717) is 5.57 Å². The van der Waals surface area contributed by atoms with Gasteiger partial charge < -0.3 is 10.8 Å². The molecule has 0 aliphatic heterocycles. The number of nitrogens with zero attached hydrogens (tertiary/aromatic N) is 1. The van der Waals surface area contributed by atoms with Gasteiger partial charge in [-0.2, -0.15) is 5.26 Å². The molecule has 0 rings (SSSR count). The second kappa shape index (κ2) is 12.4. The first-order chi connectivity index (χ1) is 8.86. The number of amides is 1. The lowest BCUT2D eigenvalue weighted by Gasteiger charge is -1.96.